The zero-order valence-corrected chi connectivity index (χ0v) is 18.8. The number of nitrogens with one attached hydrogen (secondary N) is 2. The lowest BCUT2D eigenvalue weighted by molar-refractivity contribution is 0.102. The maximum atomic E-state index is 12.8. The summed E-state index contributed by atoms with van der Waals surface area (Å²) >= 11 is 0. The monoisotopic (exact) mass is 464 g/mol. The fourth-order valence-electron chi connectivity index (χ4n) is 4.06. The zero-order chi connectivity index (χ0) is 22.8. The van der Waals surface area contributed by atoms with Crippen LogP contribution < -0.4 is 19.5 Å². The van der Waals surface area contributed by atoms with E-state index in [9.17, 15) is 13.2 Å². The van der Waals surface area contributed by atoms with Crippen molar-refractivity contribution in [1.29, 1.82) is 0 Å². The molecular weight excluding hydrogens is 440 g/mol. The highest BCUT2D eigenvalue weighted by Gasteiger charge is 2.19. The quantitative estimate of drug-likeness (QED) is 0.584. The third kappa shape index (κ3) is 4.66. The van der Waals surface area contributed by atoms with Crippen molar-refractivity contribution in [3.05, 3.63) is 77.4 Å². The fourth-order valence-corrected chi connectivity index (χ4v) is 5.14. The minimum absolute atomic E-state index is 0.0840. The van der Waals surface area contributed by atoms with Gasteiger partial charge in [0, 0.05) is 29.4 Å². The number of ether oxygens (including phenoxy) is 2. The summed E-state index contributed by atoms with van der Waals surface area (Å²) in [6, 6.07) is 16.9. The van der Waals surface area contributed by atoms with Gasteiger partial charge >= 0.3 is 0 Å². The zero-order valence-electron chi connectivity index (χ0n) is 18.0. The molecule has 0 aromatic heterocycles. The molecule has 1 heterocycles. The topological polar surface area (TPSA) is 93.7 Å². The van der Waals surface area contributed by atoms with Crippen molar-refractivity contribution in [1.82, 2.24) is 0 Å². The summed E-state index contributed by atoms with van der Waals surface area (Å²) in [6.45, 7) is 1.01. The highest BCUT2D eigenvalue weighted by molar-refractivity contribution is 7.92. The van der Waals surface area contributed by atoms with Gasteiger partial charge in [0.15, 0.2) is 11.5 Å². The number of rotatable bonds is 5. The second-order valence-electron chi connectivity index (χ2n) is 8.13. The first-order valence-corrected chi connectivity index (χ1v) is 12.4. The molecule has 0 atom stereocenters. The predicted molar refractivity (Wildman–Crippen MR) is 126 cm³/mol. The Morgan fingerprint density at radius 3 is 2.30 bits per heavy atom. The lowest BCUT2D eigenvalue weighted by atomic mass is 10.1. The molecule has 3 aromatic carbocycles. The van der Waals surface area contributed by atoms with Crippen LogP contribution in [0.1, 0.15) is 34.3 Å². The van der Waals surface area contributed by atoms with Crippen molar-refractivity contribution < 1.29 is 22.7 Å². The van der Waals surface area contributed by atoms with E-state index >= 15 is 0 Å². The smallest absolute Gasteiger partial charge is 0.262 e. The van der Waals surface area contributed by atoms with Gasteiger partial charge in [0.2, 0.25) is 0 Å². The van der Waals surface area contributed by atoms with Crippen LogP contribution in [0.4, 0.5) is 11.4 Å². The molecule has 0 saturated heterocycles. The summed E-state index contributed by atoms with van der Waals surface area (Å²) in [5.41, 5.74) is 4.14. The van der Waals surface area contributed by atoms with Crippen LogP contribution in [-0.2, 0) is 22.9 Å². The van der Waals surface area contributed by atoms with Crippen molar-refractivity contribution in [3.8, 4) is 11.5 Å². The molecule has 33 heavy (non-hydrogen) atoms. The summed E-state index contributed by atoms with van der Waals surface area (Å²) in [5, 5.41) is 2.86. The van der Waals surface area contributed by atoms with E-state index in [0.717, 1.165) is 25.7 Å². The van der Waals surface area contributed by atoms with Gasteiger partial charge in [0.1, 0.15) is 0 Å². The van der Waals surface area contributed by atoms with E-state index in [-0.39, 0.29) is 10.8 Å². The highest BCUT2D eigenvalue weighted by atomic mass is 32.2. The van der Waals surface area contributed by atoms with Crippen LogP contribution in [0.5, 0.6) is 11.5 Å². The Hall–Kier alpha value is -3.52. The van der Waals surface area contributed by atoms with Gasteiger partial charge in [-0.2, -0.15) is 0 Å². The van der Waals surface area contributed by atoms with Gasteiger partial charge in [0.25, 0.3) is 15.9 Å². The van der Waals surface area contributed by atoms with Crippen molar-refractivity contribution in [2.24, 2.45) is 0 Å². The first-order valence-electron chi connectivity index (χ1n) is 10.9. The number of anilines is 2. The molecule has 0 radical (unpaired) electrons. The van der Waals surface area contributed by atoms with Gasteiger partial charge in [-0.05, 0) is 78.9 Å². The number of amides is 1. The third-order valence-electron chi connectivity index (χ3n) is 5.78. The molecule has 0 saturated carbocycles. The number of sulfonamides is 1. The number of hydrogen-bond acceptors (Lipinski definition) is 5. The summed E-state index contributed by atoms with van der Waals surface area (Å²) in [5.74, 6) is 0.764. The van der Waals surface area contributed by atoms with Crippen LogP contribution in [0, 0.1) is 0 Å². The van der Waals surface area contributed by atoms with Gasteiger partial charge in [-0.1, -0.05) is 6.07 Å². The molecule has 0 unspecified atom stereocenters. The third-order valence-corrected chi connectivity index (χ3v) is 7.16. The van der Waals surface area contributed by atoms with Crippen LogP contribution in [0.2, 0.25) is 0 Å². The summed E-state index contributed by atoms with van der Waals surface area (Å²) in [4.78, 5) is 12.7. The Morgan fingerprint density at radius 2 is 1.48 bits per heavy atom. The standard InChI is InChI=1S/C25H24N2O5S/c28-25(19-6-5-17-3-1-4-18(17)15-19)26-20-7-9-21(10-8-20)27-33(29,30)22-11-12-23-24(16-22)32-14-2-13-31-23/h5-12,15-16,27H,1-4,13-14H2,(H,26,28). The fraction of sp³-hybridized carbons (Fsp3) is 0.240. The number of carbonyl (C=O) groups is 1. The number of carbonyl (C=O) groups excluding carboxylic acids is 1. The summed E-state index contributed by atoms with van der Waals surface area (Å²) in [7, 11) is -3.82. The molecule has 3 aromatic rings. The average molecular weight is 465 g/mol. The van der Waals surface area contributed by atoms with Crippen LogP contribution in [0.3, 0.4) is 0 Å². The maximum Gasteiger partial charge on any atom is 0.262 e. The molecule has 1 aliphatic carbocycles. The Balaban J connectivity index is 1.26. The van der Waals surface area contributed by atoms with E-state index in [4.69, 9.17) is 9.47 Å². The van der Waals surface area contributed by atoms with Gasteiger partial charge < -0.3 is 14.8 Å². The van der Waals surface area contributed by atoms with Crippen LogP contribution in [-0.4, -0.2) is 27.5 Å². The van der Waals surface area contributed by atoms with Gasteiger partial charge in [0.05, 0.1) is 18.1 Å². The Bertz CT molecular complexity index is 1300. The normalized spacial score (nSPS) is 14.8. The SMILES string of the molecule is O=C(Nc1ccc(NS(=O)(=O)c2ccc3c(c2)OCCCO3)cc1)c1ccc2c(c1)CCC2. The van der Waals surface area contributed by atoms with E-state index in [2.05, 4.69) is 10.0 Å². The van der Waals surface area contributed by atoms with Crippen molar-refractivity contribution >= 4 is 27.3 Å². The first kappa shape index (κ1) is 21.3. The number of fused-ring (bicyclic) bond motifs is 2. The molecule has 2 N–H and O–H groups in total. The lowest BCUT2D eigenvalue weighted by Gasteiger charge is -2.12. The predicted octanol–water partition coefficient (Wildman–Crippen LogP) is 4.39. The lowest BCUT2D eigenvalue weighted by Crippen LogP contribution is -2.14. The maximum absolute atomic E-state index is 12.8. The molecule has 2 aliphatic rings. The number of hydrogen-bond donors (Lipinski definition) is 2. The largest absolute Gasteiger partial charge is 0.490 e. The molecule has 8 heteroatoms. The van der Waals surface area contributed by atoms with Gasteiger partial charge in [-0.25, -0.2) is 8.42 Å². The molecule has 0 bridgehead atoms. The van der Waals surface area contributed by atoms with Crippen molar-refractivity contribution in [2.75, 3.05) is 23.3 Å². The van der Waals surface area contributed by atoms with E-state index in [0.29, 0.717) is 41.7 Å². The van der Waals surface area contributed by atoms with E-state index in [1.165, 1.54) is 23.3 Å². The molecule has 7 nitrogen and oxygen atoms in total. The van der Waals surface area contributed by atoms with Gasteiger partial charge in [-0.3, -0.25) is 9.52 Å². The minimum Gasteiger partial charge on any atom is -0.490 e. The molecule has 0 spiro atoms. The Kier molecular flexibility index (Phi) is 5.68. The molecule has 5 rings (SSSR count). The molecule has 170 valence electrons. The first-order chi connectivity index (χ1) is 16.0. The van der Waals surface area contributed by atoms with Crippen molar-refractivity contribution in [2.45, 2.75) is 30.6 Å². The molecule has 1 aliphatic heterocycles. The number of benzene rings is 3. The van der Waals surface area contributed by atoms with Gasteiger partial charge in [-0.15, -0.1) is 0 Å². The van der Waals surface area contributed by atoms with E-state index < -0.39 is 10.0 Å². The van der Waals surface area contributed by atoms with E-state index in [1.807, 2.05) is 18.2 Å². The van der Waals surface area contributed by atoms with E-state index in [1.54, 1.807) is 30.3 Å². The summed E-state index contributed by atoms with van der Waals surface area (Å²) in [6.07, 6.45) is 3.95. The van der Waals surface area contributed by atoms with Crippen LogP contribution in [0.15, 0.2) is 65.6 Å². The Morgan fingerprint density at radius 1 is 0.758 bits per heavy atom. The highest BCUT2D eigenvalue weighted by Crippen LogP contribution is 2.32. The molecule has 0 fully saturated rings. The second-order valence-corrected chi connectivity index (χ2v) is 9.82. The Labute approximate surface area is 192 Å². The number of aryl methyl sites for hydroxylation is 2. The van der Waals surface area contributed by atoms with Crippen LogP contribution in [0.25, 0.3) is 0 Å². The van der Waals surface area contributed by atoms with Crippen molar-refractivity contribution in [3.63, 3.8) is 0 Å². The van der Waals surface area contributed by atoms with Crippen LogP contribution >= 0.6 is 0 Å². The average Bonchev–Trinajstić information content (AvgIpc) is 3.15. The molecular formula is C25H24N2O5S. The summed E-state index contributed by atoms with van der Waals surface area (Å²) < 4.78 is 39.4. The second kappa shape index (κ2) is 8.78. The minimum atomic E-state index is -3.82. The molecule has 1 amide bonds.